The smallest absolute Gasteiger partial charge is 0.420 e. The summed E-state index contributed by atoms with van der Waals surface area (Å²) in [7, 11) is 0. The molecule has 2 heterocycles. The van der Waals surface area contributed by atoms with Crippen molar-refractivity contribution in [1.29, 1.82) is 0 Å². The maximum absolute atomic E-state index is 13.1. The normalized spacial score (nSPS) is 14.1. The summed E-state index contributed by atoms with van der Waals surface area (Å²) in [6, 6.07) is 7.57. The van der Waals surface area contributed by atoms with Gasteiger partial charge in [-0.05, 0) is 45.0 Å². The van der Waals surface area contributed by atoms with Gasteiger partial charge in [0, 0.05) is 31.0 Å². The molecule has 1 aromatic carbocycles. The van der Waals surface area contributed by atoms with Crippen LogP contribution in [-0.2, 0) is 9.47 Å². The topological polar surface area (TPSA) is 115 Å². The van der Waals surface area contributed by atoms with Gasteiger partial charge < -0.3 is 14.4 Å². The van der Waals surface area contributed by atoms with Gasteiger partial charge in [0.05, 0.1) is 23.7 Å². The lowest BCUT2D eigenvalue weighted by Gasteiger charge is -2.30. The molecule has 1 fully saturated rings. The molecule has 0 spiro atoms. The van der Waals surface area contributed by atoms with E-state index in [2.05, 4.69) is 4.98 Å². The van der Waals surface area contributed by atoms with Gasteiger partial charge in [-0.3, -0.25) is 14.9 Å². The highest BCUT2D eigenvalue weighted by atomic mass is 16.6. The van der Waals surface area contributed by atoms with Crippen molar-refractivity contribution < 1.29 is 24.0 Å². The van der Waals surface area contributed by atoms with Crippen LogP contribution in [0, 0.1) is 10.1 Å². The second-order valence-electron chi connectivity index (χ2n) is 7.88. The van der Waals surface area contributed by atoms with Crippen LogP contribution in [0.4, 0.5) is 27.7 Å². The highest BCUT2D eigenvalue weighted by molar-refractivity contribution is 6.01. The van der Waals surface area contributed by atoms with Gasteiger partial charge in [-0.15, -0.1) is 0 Å². The van der Waals surface area contributed by atoms with E-state index in [-0.39, 0.29) is 22.8 Å². The number of carbonyl (C=O) groups is 2. The number of carbonyl (C=O) groups excluding carboxylic acids is 2. The monoisotopic (exact) mass is 428 g/mol. The van der Waals surface area contributed by atoms with E-state index in [1.165, 1.54) is 30.5 Å². The molecule has 0 N–H and O–H groups in total. The zero-order chi connectivity index (χ0) is 22.6. The minimum absolute atomic E-state index is 0.0435. The van der Waals surface area contributed by atoms with Gasteiger partial charge in [0.15, 0.2) is 12.1 Å². The number of nitro benzene ring substituents is 1. The van der Waals surface area contributed by atoms with Crippen molar-refractivity contribution >= 4 is 35.3 Å². The number of nitrogens with zero attached hydrogens (tertiary/aromatic N) is 4. The van der Waals surface area contributed by atoms with Crippen LogP contribution in [0.3, 0.4) is 0 Å². The van der Waals surface area contributed by atoms with Gasteiger partial charge in [0.2, 0.25) is 0 Å². The number of hydrogen-bond donors (Lipinski definition) is 0. The Morgan fingerprint density at radius 1 is 1.29 bits per heavy atom. The van der Waals surface area contributed by atoms with Gasteiger partial charge in [-0.2, -0.15) is 0 Å². The molecule has 1 aliphatic rings. The van der Waals surface area contributed by atoms with Crippen LogP contribution >= 0.6 is 0 Å². The van der Waals surface area contributed by atoms with Gasteiger partial charge >= 0.3 is 6.09 Å². The minimum Gasteiger partial charge on any atom is -0.443 e. The van der Waals surface area contributed by atoms with Crippen molar-refractivity contribution in [2.24, 2.45) is 0 Å². The van der Waals surface area contributed by atoms with Crippen molar-refractivity contribution in [2.45, 2.75) is 26.4 Å². The first-order valence-electron chi connectivity index (χ1n) is 9.75. The molecule has 0 saturated carbocycles. The molecular weight excluding hydrogens is 404 g/mol. The predicted molar refractivity (Wildman–Crippen MR) is 114 cm³/mol. The fourth-order valence-electron chi connectivity index (χ4n) is 3.16. The Balaban J connectivity index is 2.14. The van der Waals surface area contributed by atoms with Crippen molar-refractivity contribution in [2.75, 3.05) is 36.1 Å². The number of morpholine rings is 1. The summed E-state index contributed by atoms with van der Waals surface area (Å²) in [4.78, 5) is 43.1. The molecule has 0 atom stereocenters. The lowest BCUT2D eigenvalue weighted by atomic mass is 10.1. The second-order valence-corrected chi connectivity index (χ2v) is 7.88. The number of ether oxygens (including phenoxy) is 2. The minimum atomic E-state index is -0.878. The van der Waals surface area contributed by atoms with E-state index in [4.69, 9.17) is 9.47 Å². The summed E-state index contributed by atoms with van der Waals surface area (Å²) < 4.78 is 10.8. The number of amides is 1. The van der Waals surface area contributed by atoms with Crippen LogP contribution in [0.25, 0.3) is 0 Å². The Kier molecular flexibility index (Phi) is 6.50. The van der Waals surface area contributed by atoms with Gasteiger partial charge in [-0.25, -0.2) is 14.7 Å². The molecule has 31 heavy (non-hydrogen) atoms. The summed E-state index contributed by atoms with van der Waals surface area (Å²) in [5.41, 5.74) is -0.483. The number of anilines is 3. The summed E-state index contributed by atoms with van der Waals surface area (Å²) in [5.74, 6) is -0.0472. The number of nitro groups is 1. The maximum Gasteiger partial charge on any atom is 0.420 e. The van der Waals surface area contributed by atoms with Crippen LogP contribution in [-0.4, -0.2) is 54.2 Å². The second kappa shape index (κ2) is 9.09. The van der Waals surface area contributed by atoms with Crippen molar-refractivity contribution in [3.05, 3.63) is 52.2 Å². The number of pyridine rings is 1. The molecule has 0 radical (unpaired) electrons. The summed E-state index contributed by atoms with van der Waals surface area (Å²) in [6.07, 6.45) is 1.05. The molecular formula is C21H24N4O6. The maximum atomic E-state index is 13.1. The zero-order valence-corrected chi connectivity index (χ0v) is 17.6. The average Bonchev–Trinajstić information content (AvgIpc) is 2.73. The third kappa shape index (κ3) is 5.15. The van der Waals surface area contributed by atoms with E-state index < -0.39 is 16.6 Å². The van der Waals surface area contributed by atoms with E-state index in [9.17, 15) is 19.7 Å². The molecule has 2 aromatic rings. The molecule has 1 aliphatic heterocycles. The zero-order valence-electron chi connectivity index (χ0n) is 17.6. The number of rotatable bonds is 5. The molecule has 1 saturated heterocycles. The van der Waals surface area contributed by atoms with E-state index in [0.717, 1.165) is 4.90 Å². The molecule has 10 heteroatoms. The van der Waals surface area contributed by atoms with Gasteiger partial charge in [-0.1, -0.05) is 0 Å². The van der Waals surface area contributed by atoms with Gasteiger partial charge in [0.1, 0.15) is 11.3 Å². The SMILES string of the molecule is CC(C)(C)OC(=O)N(c1ccc(N2CCOCC2)cc1[N+](=O)[O-])c1ncccc1C=O. The van der Waals surface area contributed by atoms with Crippen LogP contribution in [0.1, 0.15) is 31.1 Å². The van der Waals surface area contributed by atoms with Crippen LogP contribution in [0.2, 0.25) is 0 Å². The molecule has 164 valence electrons. The molecule has 1 aromatic heterocycles. The first-order chi connectivity index (χ1) is 14.7. The Morgan fingerprint density at radius 3 is 2.61 bits per heavy atom. The number of hydrogen-bond acceptors (Lipinski definition) is 8. The van der Waals surface area contributed by atoms with Crippen LogP contribution in [0.5, 0.6) is 0 Å². The summed E-state index contributed by atoms with van der Waals surface area (Å²) in [6.45, 7) is 7.28. The standard InChI is InChI=1S/C21H24N4O6/c1-21(2,3)31-20(27)24(19-15(14-26)5-4-8-22-19)17-7-6-16(13-18(17)25(28)29)23-9-11-30-12-10-23/h4-8,13-14H,9-12H2,1-3H3. The van der Waals surface area contributed by atoms with Gasteiger partial charge in [0.25, 0.3) is 5.69 Å². The lowest BCUT2D eigenvalue weighted by Crippen LogP contribution is -2.36. The largest absolute Gasteiger partial charge is 0.443 e. The van der Waals surface area contributed by atoms with E-state index in [1.807, 2.05) is 4.90 Å². The molecule has 0 bridgehead atoms. The Labute approximate surface area is 179 Å². The summed E-state index contributed by atoms with van der Waals surface area (Å²) >= 11 is 0. The quantitative estimate of drug-likeness (QED) is 0.402. The van der Waals surface area contributed by atoms with E-state index in [1.54, 1.807) is 26.8 Å². The molecule has 3 rings (SSSR count). The van der Waals surface area contributed by atoms with Crippen molar-refractivity contribution in [3.8, 4) is 0 Å². The van der Waals surface area contributed by atoms with E-state index >= 15 is 0 Å². The molecule has 1 amide bonds. The molecule has 0 aliphatic carbocycles. The highest BCUT2D eigenvalue weighted by Crippen LogP contribution is 2.38. The fourth-order valence-corrected chi connectivity index (χ4v) is 3.16. The Hall–Kier alpha value is -3.53. The predicted octanol–water partition coefficient (Wildman–Crippen LogP) is 3.71. The third-order valence-corrected chi connectivity index (χ3v) is 4.50. The van der Waals surface area contributed by atoms with Crippen molar-refractivity contribution in [3.63, 3.8) is 0 Å². The van der Waals surface area contributed by atoms with Crippen LogP contribution < -0.4 is 9.80 Å². The third-order valence-electron chi connectivity index (χ3n) is 4.50. The Bertz CT molecular complexity index is 982. The average molecular weight is 428 g/mol. The Morgan fingerprint density at radius 2 is 2.00 bits per heavy atom. The van der Waals surface area contributed by atoms with E-state index in [0.29, 0.717) is 38.3 Å². The highest BCUT2D eigenvalue weighted by Gasteiger charge is 2.33. The fraction of sp³-hybridized carbons (Fsp3) is 0.381. The number of aromatic nitrogens is 1. The number of benzene rings is 1. The van der Waals surface area contributed by atoms with Crippen molar-refractivity contribution in [1.82, 2.24) is 4.98 Å². The lowest BCUT2D eigenvalue weighted by molar-refractivity contribution is -0.384. The first kappa shape index (κ1) is 22.2. The molecule has 0 unspecified atom stereocenters. The van der Waals surface area contributed by atoms with Crippen LogP contribution in [0.15, 0.2) is 36.5 Å². The summed E-state index contributed by atoms with van der Waals surface area (Å²) in [5, 5.41) is 11.9. The molecule has 10 nitrogen and oxygen atoms in total. The first-order valence-corrected chi connectivity index (χ1v) is 9.75. The number of aldehydes is 1.